The third-order valence-electron chi connectivity index (χ3n) is 3.46. The second-order valence-electron chi connectivity index (χ2n) is 5.13. The summed E-state index contributed by atoms with van der Waals surface area (Å²) in [6, 6.07) is 16.1. The Bertz CT molecular complexity index is 762. The van der Waals surface area contributed by atoms with E-state index in [4.69, 9.17) is 4.18 Å². The lowest BCUT2D eigenvalue weighted by atomic mass is 10.2. The summed E-state index contributed by atoms with van der Waals surface area (Å²) in [5.41, 5.74) is 2.09. The molecule has 0 saturated carbocycles. The SMILES string of the molecule is COS(=O)(=O)OC(C)CN1c2ccccc2Sc2ccccc21. The van der Waals surface area contributed by atoms with Gasteiger partial charge in [0.15, 0.2) is 0 Å². The monoisotopic (exact) mass is 351 g/mol. The molecule has 0 bridgehead atoms. The van der Waals surface area contributed by atoms with Crippen molar-refractivity contribution < 1.29 is 16.8 Å². The summed E-state index contributed by atoms with van der Waals surface area (Å²) in [6.07, 6.45) is -0.552. The molecule has 0 amide bonds. The molecule has 0 N–H and O–H groups in total. The second-order valence-corrected chi connectivity index (χ2v) is 7.56. The molecule has 2 aromatic rings. The topological polar surface area (TPSA) is 55.8 Å². The van der Waals surface area contributed by atoms with Crippen LogP contribution in [0.2, 0.25) is 0 Å². The van der Waals surface area contributed by atoms with E-state index in [0.29, 0.717) is 6.54 Å². The van der Waals surface area contributed by atoms with Crippen LogP contribution in [0.4, 0.5) is 11.4 Å². The zero-order valence-corrected chi connectivity index (χ0v) is 14.4. The van der Waals surface area contributed by atoms with Crippen LogP contribution in [0.3, 0.4) is 0 Å². The van der Waals surface area contributed by atoms with Crippen molar-refractivity contribution in [2.24, 2.45) is 0 Å². The number of nitrogens with zero attached hydrogens (tertiary/aromatic N) is 1. The van der Waals surface area contributed by atoms with Gasteiger partial charge in [-0.25, -0.2) is 4.18 Å². The highest BCUT2D eigenvalue weighted by atomic mass is 32.3. The zero-order chi connectivity index (χ0) is 16.4. The van der Waals surface area contributed by atoms with Gasteiger partial charge in [-0.1, -0.05) is 36.0 Å². The molecule has 2 aromatic carbocycles. The summed E-state index contributed by atoms with van der Waals surface area (Å²) < 4.78 is 32.3. The van der Waals surface area contributed by atoms with Crippen LogP contribution in [0, 0.1) is 0 Å². The third-order valence-corrected chi connectivity index (χ3v) is 5.56. The van der Waals surface area contributed by atoms with Gasteiger partial charge in [-0.2, -0.15) is 8.42 Å². The molecule has 1 aliphatic heterocycles. The molecule has 3 rings (SSSR count). The summed E-state index contributed by atoms with van der Waals surface area (Å²) in [6.45, 7) is 2.11. The lowest BCUT2D eigenvalue weighted by Crippen LogP contribution is -2.32. The van der Waals surface area contributed by atoms with E-state index >= 15 is 0 Å². The van der Waals surface area contributed by atoms with Gasteiger partial charge in [-0.3, -0.25) is 4.18 Å². The Balaban J connectivity index is 1.92. The van der Waals surface area contributed by atoms with Crippen LogP contribution in [0.25, 0.3) is 0 Å². The first kappa shape index (κ1) is 16.3. The molecule has 7 heteroatoms. The number of fused-ring (bicyclic) bond motifs is 2. The standard InChI is InChI=1S/C16H17NO4S2/c1-12(21-23(18,19)20-2)11-17-13-7-3-5-9-15(13)22-16-10-6-4-8-14(16)17/h3-10,12H,11H2,1-2H3. The van der Waals surface area contributed by atoms with Crippen molar-refractivity contribution in [2.75, 3.05) is 18.6 Å². The summed E-state index contributed by atoms with van der Waals surface area (Å²) in [4.78, 5) is 4.35. The Morgan fingerprint density at radius 1 is 1.04 bits per heavy atom. The average Bonchev–Trinajstić information content (AvgIpc) is 2.54. The van der Waals surface area contributed by atoms with Crippen LogP contribution in [0.1, 0.15) is 6.92 Å². The molecule has 0 saturated heterocycles. The van der Waals surface area contributed by atoms with E-state index < -0.39 is 16.5 Å². The van der Waals surface area contributed by atoms with Crippen molar-refractivity contribution >= 4 is 33.5 Å². The first-order valence-corrected chi connectivity index (χ1v) is 9.27. The van der Waals surface area contributed by atoms with Crippen LogP contribution in [-0.4, -0.2) is 28.2 Å². The molecule has 0 aliphatic carbocycles. The van der Waals surface area contributed by atoms with Gasteiger partial charge in [0.2, 0.25) is 0 Å². The van der Waals surface area contributed by atoms with Crippen LogP contribution in [-0.2, 0) is 18.8 Å². The largest absolute Gasteiger partial charge is 0.399 e. The fourth-order valence-electron chi connectivity index (χ4n) is 2.51. The minimum Gasteiger partial charge on any atom is -0.337 e. The molecule has 5 nitrogen and oxygen atoms in total. The summed E-state index contributed by atoms with van der Waals surface area (Å²) in [7, 11) is -2.87. The Kier molecular flexibility index (Phi) is 4.63. The maximum absolute atomic E-state index is 11.5. The van der Waals surface area contributed by atoms with Gasteiger partial charge in [0.25, 0.3) is 0 Å². The summed E-state index contributed by atoms with van der Waals surface area (Å²) >= 11 is 1.71. The molecule has 122 valence electrons. The predicted octanol–water partition coefficient (Wildman–Crippen LogP) is 3.59. The number of hydrogen-bond acceptors (Lipinski definition) is 6. The molecule has 1 atom stereocenters. The van der Waals surface area contributed by atoms with E-state index in [1.165, 1.54) is 0 Å². The van der Waals surface area contributed by atoms with Crippen molar-refractivity contribution in [2.45, 2.75) is 22.8 Å². The number of para-hydroxylation sites is 2. The fraction of sp³-hybridized carbons (Fsp3) is 0.250. The van der Waals surface area contributed by atoms with Gasteiger partial charge in [0.05, 0.1) is 31.1 Å². The molecule has 23 heavy (non-hydrogen) atoms. The first-order chi connectivity index (χ1) is 11.0. The number of anilines is 2. The van der Waals surface area contributed by atoms with Crippen molar-refractivity contribution in [3.8, 4) is 0 Å². The lowest BCUT2D eigenvalue weighted by molar-refractivity contribution is 0.189. The third kappa shape index (κ3) is 3.53. The fourth-order valence-corrected chi connectivity index (χ4v) is 4.14. The minimum atomic E-state index is -3.96. The molecular weight excluding hydrogens is 334 g/mol. The van der Waals surface area contributed by atoms with Crippen LogP contribution in [0.5, 0.6) is 0 Å². The average molecular weight is 351 g/mol. The second kappa shape index (κ2) is 6.52. The van der Waals surface area contributed by atoms with E-state index in [1.54, 1.807) is 18.7 Å². The summed E-state index contributed by atoms with van der Waals surface area (Å²) in [5, 5.41) is 0. The van der Waals surface area contributed by atoms with Crippen LogP contribution < -0.4 is 4.90 Å². The predicted molar refractivity (Wildman–Crippen MR) is 90.5 cm³/mol. The highest BCUT2D eigenvalue weighted by Crippen LogP contribution is 2.47. The van der Waals surface area contributed by atoms with Crippen molar-refractivity contribution in [1.82, 2.24) is 0 Å². The quantitative estimate of drug-likeness (QED) is 0.821. The van der Waals surface area contributed by atoms with Gasteiger partial charge in [-0.05, 0) is 31.2 Å². The molecular formula is C16H17NO4S2. The van der Waals surface area contributed by atoms with Crippen molar-refractivity contribution in [1.29, 1.82) is 0 Å². The first-order valence-electron chi connectivity index (χ1n) is 7.12. The van der Waals surface area contributed by atoms with E-state index in [9.17, 15) is 8.42 Å². The molecule has 0 radical (unpaired) electrons. The van der Waals surface area contributed by atoms with Crippen LogP contribution in [0.15, 0.2) is 58.3 Å². The molecule has 0 aromatic heterocycles. The normalized spacial score (nSPS) is 15.0. The van der Waals surface area contributed by atoms with Gasteiger partial charge in [-0.15, -0.1) is 0 Å². The van der Waals surface area contributed by atoms with Crippen molar-refractivity contribution in [3.05, 3.63) is 48.5 Å². The number of benzene rings is 2. The van der Waals surface area contributed by atoms with Gasteiger partial charge in [0.1, 0.15) is 0 Å². The van der Waals surface area contributed by atoms with E-state index in [-0.39, 0.29) is 0 Å². The maximum Gasteiger partial charge on any atom is 0.399 e. The highest BCUT2D eigenvalue weighted by Gasteiger charge is 2.26. The van der Waals surface area contributed by atoms with Gasteiger partial charge < -0.3 is 4.90 Å². The number of rotatable bonds is 5. The Labute approximate surface area is 140 Å². The van der Waals surface area contributed by atoms with E-state index in [1.807, 2.05) is 36.4 Å². The zero-order valence-electron chi connectivity index (χ0n) is 12.8. The molecule has 0 spiro atoms. The highest BCUT2D eigenvalue weighted by molar-refractivity contribution is 7.99. The van der Waals surface area contributed by atoms with E-state index in [2.05, 4.69) is 21.2 Å². The summed E-state index contributed by atoms with van der Waals surface area (Å²) in [5.74, 6) is 0. The Morgan fingerprint density at radius 2 is 1.57 bits per heavy atom. The molecule has 1 unspecified atom stereocenters. The lowest BCUT2D eigenvalue weighted by Gasteiger charge is -2.34. The van der Waals surface area contributed by atoms with Crippen molar-refractivity contribution in [3.63, 3.8) is 0 Å². The maximum atomic E-state index is 11.5. The van der Waals surface area contributed by atoms with Gasteiger partial charge in [0, 0.05) is 9.79 Å². The minimum absolute atomic E-state index is 0.400. The smallest absolute Gasteiger partial charge is 0.337 e. The van der Waals surface area contributed by atoms with E-state index in [0.717, 1.165) is 28.3 Å². The Hall–Kier alpha value is -1.54. The van der Waals surface area contributed by atoms with Gasteiger partial charge >= 0.3 is 10.4 Å². The number of hydrogen-bond donors (Lipinski definition) is 0. The van der Waals surface area contributed by atoms with Crippen LogP contribution >= 0.6 is 11.8 Å². The molecule has 1 heterocycles. The Morgan fingerprint density at radius 3 is 2.09 bits per heavy atom. The molecule has 1 aliphatic rings. The molecule has 0 fully saturated rings.